The molecule has 1 aliphatic heterocycles. The Labute approximate surface area is 209 Å². The number of amides is 1. The minimum Gasteiger partial charge on any atom is -0.454 e. The highest BCUT2D eigenvalue weighted by molar-refractivity contribution is 6.18. The summed E-state index contributed by atoms with van der Waals surface area (Å²) in [7, 11) is 3.91. The van der Waals surface area contributed by atoms with Crippen molar-refractivity contribution in [2.45, 2.75) is 32.7 Å². The average molecular weight is 492 g/mol. The lowest BCUT2D eigenvalue weighted by molar-refractivity contribution is -0.127. The fraction of sp³-hybridized carbons (Fsp3) is 0.385. The highest BCUT2D eigenvalue weighted by Gasteiger charge is 2.27. The zero-order valence-electron chi connectivity index (χ0n) is 21.2. The number of aromatic amines is 1. The number of fused-ring (bicyclic) bond motifs is 1. The van der Waals surface area contributed by atoms with Crippen molar-refractivity contribution in [1.82, 2.24) is 20.0 Å². The zero-order chi connectivity index (χ0) is 26.0. The third-order valence-corrected chi connectivity index (χ3v) is 6.41. The number of nitrogens with two attached hydrogens (primary N) is 2. The summed E-state index contributed by atoms with van der Waals surface area (Å²) >= 11 is 0. The Balaban J connectivity index is 1.69. The summed E-state index contributed by atoms with van der Waals surface area (Å²) in [6.07, 6.45) is 4.80. The van der Waals surface area contributed by atoms with Gasteiger partial charge in [0.2, 0.25) is 5.91 Å². The van der Waals surface area contributed by atoms with E-state index in [0.29, 0.717) is 49.5 Å². The number of hydrogen-bond donors (Lipinski definition) is 3. The molecule has 1 aliphatic rings. The van der Waals surface area contributed by atoms with Crippen LogP contribution in [-0.4, -0.2) is 71.4 Å². The number of aromatic nitrogens is 2. The van der Waals surface area contributed by atoms with E-state index in [1.165, 1.54) is 0 Å². The van der Waals surface area contributed by atoms with Crippen LogP contribution in [0.2, 0.25) is 0 Å². The van der Waals surface area contributed by atoms with E-state index < -0.39 is 5.56 Å². The molecule has 1 amide bonds. The largest absolute Gasteiger partial charge is 0.454 e. The van der Waals surface area contributed by atoms with Crippen molar-refractivity contribution in [2.75, 3.05) is 45.2 Å². The Bertz CT molecular complexity index is 1390. The van der Waals surface area contributed by atoms with Crippen LogP contribution in [-0.2, 0) is 4.79 Å². The summed E-state index contributed by atoms with van der Waals surface area (Å²) in [5, 5.41) is 7.20. The highest BCUT2D eigenvalue weighted by Crippen LogP contribution is 2.31. The van der Waals surface area contributed by atoms with E-state index in [-0.39, 0.29) is 29.0 Å². The van der Waals surface area contributed by atoms with Gasteiger partial charge in [0.25, 0.3) is 5.56 Å². The van der Waals surface area contributed by atoms with Crippen LogP contribution in [0.5, 0.6) is 0 Å². The smallest absolute Gasteiger partial charge is 0.288 e. The molecule has 190 valence electrons. The van der Waals surface area contributed by atoms with Crippen LogP contribution in [0.3, 0.4) is 0 Å². The number of rotatable bonds is 6. The normalized spacial score (nSPS) is 15.5. The predicted molar refractivity (Wildman–Crippen MR) is 142 cm³/mol. The average Bonchev–Trinajstić information content (AvgIpc) is 3.16. The first-order valence-electron chi connectivity index (χ1n) is 12.0. The number of carbonyl (C=O) groups is 1. The topological polar surface area (TPSA) is 147 Å². The van der Waals surface area contributed by atoms with Crippen molar-refractivity contribution < 1.29 is 9.21 Å². The summed E-state index contributed by atoms with van der Waals surface area (Å²) in [4.78, 5) is 33.7. The number of likely N-dealkylation sites (N-methyl/N-ethyl adjacent to an activating group) is 1. The molecule has 1 saturated heterocycles. The molecule has 5 N–H and O–H groups in total. The summed E-state index contributed by atoms with van der Waals surface area (Å²) in [6.45, 7) is 5.82. The third kappa shape index (κ3) is 5.18. The lowest BCUT2D eigenvalue weighted by Crippen LogP contribution is -2.39. The molecular formula is C26H33N7O3. The molecule has 4 rings (SSSR count). The first kappa shape index (κ1) is 25.2. The van der Waals surface area contributed by atoms with Crippen LogP contribution in [0.4, 0.5) is 11.5 Å². The molecule has 1 aromatic carbocycles. The molecule has 0 bridgehead atoms. The number of nitrogens with one attached hydrogen (secondary N) is 1. The minimum absolute atomic E-state index is 0.00437. The van der Waals surface area contributed by atoms with Gasteiger partial charge in [-0.2, -0.15) is 5.10 Å². The fourth-order valence-corrected chi connectivity index (χ4v) is 4.39. The van der Waals surface area contributed by atoms with E-state index in [9.17, 15) is 9.59 Å². The Morgan fingerprint density at radius 2 is 2.00 bits per heavy atom. The molecule has 2 aromatic heterocycles. The summed E-state index contributed by atoms with van der Waals surface area (Å²) in [5.74, 6) is 0.572. The lowest BCUT2D eigenvalue weighted by atomic mass is 10.0. The second-order valence-corrected chi connectivity index (χ2v) is 9.48. The number of nitrogens with zero attached hydrogens (tertiary/aromatic N) is 4. The molecular weight excluding hydrogens is 458 g/mol. The fourth-order valence-electron chi connectivity index (χ4n) is 4.39. The van der Waals surface area contributed by atoms with Gasteiger partial charge in [0, 0.05) is 36.7 Å². The predicted octanol–water partition coefficient (Wildman–Crippen LogP) is 2.24. The summed E-state index contributed by atoms with van der Waals surface area (Å²) in [5.41, 5.74) is 15.1. The maximum atomic E-state index is 12.5. The van der Waals surface area contributed by atoms with Gasteiger partial charge in [-0.05, 0) is 52.9 Å². The maximum absolute atomic E-state index is 12.5. The highest BCUT2D eigenvalue weighted by atomic mass is 16.3. The molecule has 0 saturated carbocycles. The molecule has 0 aliphatic carbocycles. The van der Waals surface area contributed by atoms with Gasteiger partial charge in [0.15, 0.2) is 11.6 Å². The number of carbonyl (C=O) groups excluding carboxylic acids is 1. The number of piperidine rings is 1. The molecule has 1 fully saturated rings. The van der Waals surface area contributed by atoms with Crippen molar-refractivity contribution >= 4 is 34.1 Å². The number of hydrogen-bond acceptors (Lipinski definition) is 8. The van der Waals surface area contributed by atoms with Crippen molar-refractivity contribution in [3.63, 3.8) is 0 Å². The molecule has 3 aromatic rings. The number of H-pyrrole nitrogens is 1. The van der Waals surface area contributed by atoms with Crippen LogP contribution >= 0.6 is 0 Å². The molecule has 0 spiro atoms. The second-order valence-electron chi connectivity index (χ2n) is 9.48. The quantitative estimate of drug-likeness (QED) is 0.354. The number of aryl methyl sites for hydroxylation is 2. The van der Waals surface area contributed by atoms with Crippen LogP contribution in [0.25, 0.3) is 11.0 Å². The van der Waals surface area contributed by atoms with Crippen LogP contribution in [0, 0.1) is 13.8 Å². The Kier molecular flexibility index (Phi) is 7.25. The number of benzene rings is 1. The zero-order valence-corrected chi connectivity index (χ0v) is 21.2. The van der Waals surface area contributed by atoms with E-state index in [0.717, 1.165) is 16.5 Å². The van der Waals surface area contributed by atoms with Crippen molar-refractivity contribution in [2.24, 2.45) is 4.99 Å². The van der Waals surface area contributed by atoms with E-state index in [4.69, 9.17) is 20.9 Å². The van der Waals surface area contributed by atoms with Gasteiger partial charge in [-0.1, -0.05) is 17.7 Å². The molecule has 0 atom stereocenters. The third-order valence-electron chi connectivity index (χ3n) is 6.41. The molecule has 0 radical (unpaired) electrons. The molecule has 36 heavy (non-hydrogen) atoms. The number of anilines is 2. The van der Waals surface area contributed by atoms with E-state index in [2.05, 4.69) is 10.2 Å². The van der Waals surface area contributed by atoms with Gasteiger partial charge >= 0.3 is 0 Å². The van der Waals surface area contributed by atoms with Crippen LogP contribution in [0.15, 0.2) is 44.6 Å². The monoisotopic (exact) mass is 491 g/mol. The van der Waals surface area contributed by atoms with E-state index in [1.807, 2.05) is 62.0 Å². The van der Waals surface area contributed by atoms with Crippen molar-refractivity contribution in [1.29, 1.82) is 0 Å². The Hall–Kier alpha value is -3.92. The van der Waals surface area contributed by atoms with Gasteiger partial charge in [-0.3, -0.25) is 14.6 Å². The van der Waals surface area contributed by atoms with Gasteiger partial charge in [-0.15, -0.1) is 0 Å². The number of furan rings is 1. The molecule has 0 unspecified atom stereocenters. The van der Waals surface area contributed by atoms with E-state index in [1.54, 1.807) is 6.08 Å². The van der Waals surface area contributed by atoms with Crippen molar-refractivity contribution in [3.8, 4) is 0 Å². The Morgan fingerprint density at radius 3 is 2.69 bits per heavy atom. The SMILES string of the molecule is Cc1ccc2oc(C(=NC3CCN(C(=O)/C=C/CN(C)C)CC3)c3c(N)n[nH]c(=O)c3N)c(C)c2c1. The van der Waals surface area contributed by atoms with E-state index >= 15 is 0 Å². The first-order chi connectivity index (χ1) is 17.2. The van der Waals surface area contributed by atoms with Crippen molar-refractivity contribution in [3.05, 3.63) is 63.2 Å². The first-order valence-corrected chi connectivity index (χ1v) is 12.0. The van der Waals surface area contributed by atoms with Gasteiger partial charge in [-0.25, -0.2) is 5.10 Å². The molecule has 3 heterocycles. The summed E-state index contributed by atoms with van der Waals surface area (Å²) < 4.78 is 6.23. The lowest BCUT2D eigenvalue weighted by Gasteiger charge is -2.30. The van der Waals surface area contributed by atoms with Gasteiger partial charge in [0.1, 0.15) is 17.0 Å². The van der Waals surface area contributed by atoms with Crippen LogP contribution < -0.4 is 17.0 Å². The number of nitrogen functional groups attached to an aromatic ring is 2. The second kappa shape index (κ2) is 10.4. The Morgan fingerprint density at radius 1 is 1.28 bits per heavy atom. The standard InChI is InChI=1S/C26H33N7O3/c1-15-7-8-19-18(14-15)16(2)24(36-19)23(21-22(27)26(35)31-30-25(21)28)29-17-9-12-33(13-10-17)20(34)6-5-11-32(3)4/h5-8,14,17H,9-13H2,1-4H3,(H,31,35)(H4,27,28,30)/b6-5+,29-23?. The minimum atomic E-state index is -0.540. The maximum Gasteiger partial charge on any atom is 0.288 e. The van der Waals surface area contributed by atoms with Crippen LogP contribution in [0.1, 0.15) is 35.3 Å². The van der Waals surface area contributed by atoms with Gasteiger partial charge in [0.05, 0.1) is 11.6 Å². The summed E-state index contributed by atoms with van der Waals surface area (Å²) in [6, 6.07) is 5.83. The number of likely N-dealkylation sites (tertiary alicyclic amines) is 1. The van der Waals surface area contributed by atoms with Gasteiger partial charge < -0.3 is 25.7 Å². The molecule has 10 heteroatoms. The number of aliphatic imine (C=N–C) groups is 1. The molecule has 10 nitrogen and oxygen atoms in total.